The van der Waals surface area contributed by atoms with Crippen LogP contribution in [0, 0.1) is 22.7 Å². The smallest absolute Gasteiger partial charge is 0.294 e. The molecule has 2 saturated carbocycles. The van der Waals surface area contributed by atoms with Crippen molar-refractivity contribution < 1.29 is 22.9 Å². The highest BCUT2D eigenvalue weighted by Crippen LogP contribution is 2.67. The zero-order chi connectivity index (χ0) is 17.2. The van der Waals surface area contributed by atoms with E-state index in [-0.39, 0.29) is 27.4 Å². The minimum absolute atomic E-state index is 0.110. The van der Waals surface area contributed by atoms with Gasteiger partial charge in [0.1, 0.15) is 0 Å². The molecule has 4 atom stereocenters. The fraction of sp³-hybridized carbons (Fsp3) is 0.588. The van der Waals surface area contributed by atoms with Crippen LogP contribution in [0.5, 0.6) is 0 Å². The first-order valence-corrected chi connectivity index (χ1v) is 9.24. The van der Waals surface area contributed by atoms with Gasteiger partial charge in [-0.1, -0.05) is 32.9 Å². The molecule has 2 fully saturated rings. The second-order valence-electron chi connectivity index (χ2n) is 7.62. The summed E-state index contributed by atoms with van der Waals surface area (Å²) >= 11 is 0. The highest BCUT2D eigenvalue weighted by molar-refractivity contribution is 7.85. The number of rotatable bonds is 3. The van der Waals surface area contributed by atoms with Crippen molar-refractivity contribution in [2.45, 2.75) is 44.6 Å². The van der Waals surface area contributed by atoms with E-state index in [9.17, 15) is 18.3 Å². The summed E-state index contributed by atoms with van der Waals surface area (Å²) in [6.45, 7) is 6.28. The number of hydrogen-bond acceptors (Lipinski definition) is 4. The van der Waals surface area contributed by atoms with Gasteiger partial charge in [0.2, 0.25) is 0 Å². The van der Waals surface area contributed by atoms with Gasteiger partial charge in [0, 0.05) is 5.56 Å². The van der Waals surface area contributed by atoms with Gasteiger partial charge in [-0.3, -0.25) is 9.35 Å². The molecule has 0 saturated heterocycles. The van der Waals surface area contributed by atoms with Gasteiger partial charge in [0.15, 0.2) is 5.78 Å². The van der Waals surface area contributed by atoms with Crippen LogP contribution in [0.4, 0.5) is 0 Å². The van der Waals surface area contributed by atoms with Gasteiger partial charge in [-0.05, 0) is 41.7 Å². The molecule has 0 aromatic heterocycles. The molecule has 2 bridgehead atoms. The van der Waals surface area contributed by atoms with E-state index in [1.165, 1.54) is 24.3 Å². The molecule has 23 heavy (non-hydrogen) atoms. The molecule has 0 heterocycles. The molecule has 1 aromatic rings. The summed E-state index contributed by atoms with van der Waals surface area (Å²) in [5, 5.41) is 10.7. The molecule has 3 rings (SSSR count). The predicted octanol–water partition coefficient (Wildman–Crippen LogP) is 2.55. The lowest BCUT2D eigenvalue weighted by Crippen LogP contribution is -2.39. The average molecular weight is 338 g/mol. The normalized spacial score (nSPS) is 35.4. The lowest BCUT2D eigenvalue weighted by molar-refractivity contribution is -0.00614. The average Bonchev–Trinajstić information content (AvgIpc) is 2.78. The van der Waals surface area contributed by atoms with Crippen LogP contribution in [0.1, 0.15) is 44.0 Å². The predicted molar refractivity (Wildman–Crippen MR) is 84.7 cm³/mol. The summed E-state index contributed by atoms with van der Waals surface area (Å²) in [7, 11) is -4.27. The number of fused-ring (bicyclic) bond motifs is 2. The molecule has 126 valence electrons. The van der Waals surface area contributed by atoms with Crippen LogP contribution in [0.3, 0.4) is 0 Å². The van der Waals surface area contributed by atoms with E-state index in [2.05, 4.69) is 13.8 Å². The molecule has 0 radical (unpaired) electrons. The number of carbonyl (C=O) groups excluding carboxylic acids is 1. The van der Waals surface area contributed by atoms with Crippen molar-refractivity contribution in [3.05, 3.63) is 29.8 Å². The molecule has 5 nitrogen and oxygen atoms in total. The van der Waals surface area contributed by atoms with Gasteiger partial charge in [-0.15, -0.1) is 0 Å². The Morgan fingerprint density at radius 3 is 2.17 bits per heavy atom. The number of benzene rings is 1. The van der Waals surface area contributed by atoms with E-state index < -0.39 is 22.1 Å². The Morgan fingerprint density at radius 1 is 1.17 bits per heavy atom. The summed E-state index contributed by atoms with van der Waals surface area (Å²) in [6, 6.07) is 5.24. The Hall–Kier alpha value is -1.24. The maximum atomic E-state index is 12.9. The fourth-order valence-corrected chi connectivity index (χ4v) is 5.13. The Morgan fingerprint density at radius 2 is 1.74 bits per heavy atom. The molecule has 1 unspecified atom stereocenters. The van der Waals surface area contributed by atoms with Crippen LogP contribution in [0.15, 0.2) is 29.2 Å². The number of hydrogen-bond donors (Lipinski definition) is 2. The van der Waals surface area contributed by atoms with Crippen LogP contribution in [-0.2, 0) is 10.1 Å². The summed E-state index contributed by atoms with van der Waals surface area (Å²) in [4.78, 5) is 12.6. The van der Waals surface area contributed by atoms with Crippen molar-refractivity contribution in [3.63, 3.8) is 0 Å². The summed E-state index contributed by atoms with van der Waals surface area (Å²) in [5.41, 5.74) is -0.0126. The first kappa shape index (κ1) is 16.6. The third kappa shape index (κ3) is 2.19. The first-order chi connectivity index (χ1) is 10.5. The molecular formula is C17H22O5S. The van der Waals surface area contributed by atoms with Gasteiger partial charge in [-0.2, -0.15) is 8.42 Å². The summed E-state index contributed by atoms with van der Waals surface area (Å²) in [5.74, 6) is -0.488. The first-order valence-electron chi connectivity index (χ1n) is 7.80. The Bertz CT molecular complexity index is 750. The molecule has 2 N–H and O–H groups in total. The highest BCUT2D eigenvalue weighted by Gasteiger charge is 2.67. The third-order valence-electron chi connectivity index (χ3n) is 6.54. The molecule has 0 spiro atoms. The summed E-state index contributed by atoms with van der Waals surface area (Å²) < 4.78 is 31.2. The number of aliphatic hydroxyl groups excluding tert-OH is 1. The van der Waals surface area contributed by atoms with E-state index in [0.29, 0.717) is 5.56 Å². The zero-order valence-corrected chi connectivity index (χ0v) is 14.3. The highest BCUT2D eigenvalue weighted by atomic mass is 32.2. The van der Waals surface area contributed by atoms with Crippen LogP contribution < -0.4 is 0 Å². The zero-order valence-electron chi connectivity index (χ0n) is 13.5. The molecule has 2 aliphatic carbocycles. The maximum Gasteiger partial charge on any atom is 0.294 e. The van der Waals surface area contributed by atoms with Crippen LogP contribution in [0.25, 0.3) is 0 Å². The van der Waals surface area contributed by atoms with Crippen molar-refractivity contribution in [3.8, 4) is 0 Å². The minimum Gasteiger partial charge on any atom is -0.392 e. The Kier molecular flexibility index (Phi) is 3.52. The lowest BCUT2D eigenvalue weighted by Gasteiger charge is -2.37. The van der Waals surface area contributed by atoms with E-state index in [1.807, 2.05) is 6.92 Å². The van der Waals surface area contributed by atoms with E-state index in [4.69, 9.17) is 4.55 Å². The fourth-order valence-electron chi connectivity index (χ4n) is 4.65. The van der Waals surface area contributed by atoms with Crippen molar-refractivity contribution >= 4 is 15.9 Å². The second kappa shape index (κ2) is 4.88. The van der Waals surface area contributed by atoms with Gasteiger partial charge in [0.25, 0.3) is 10.1 Å². The Labute approximate surface area is 136 Å². The van der Waals surface area contributed by atoms with E-state index in [1.54, 1.807) is 0 Å². The van der Waals surface area contributed by atoms with E-state index in [0.717, 1.165) is 12.8 Å². The molecule has 0 amide bonds. The number of carbonyl (C=O) groups is 1. The topological polar surface area (TPSA) is 91.7 Å². The SMILES string of the molecule is CC1(C)[C@@H]2CC[C@@]1(C)[C@@H](O)C2C(=O)c1ccc(S(=O)(=O)O)cc1. The quantitative estimate of drug-likeness (QED) is 0.653. The van der Waals surface area contributed by atoms with Gasteiger partial charge >= 0.3 is 0 Å². The van der Waals surface area contributed by atoms with Crippen LogP contribution in [-0.4, -0.2) is 30.0 Å². The van der Waals surface area contributed by atoms with Crippen molar-refractivity contribution in [1.29, 1.82) is 0 Å². The standard InChI is InChI=1S/C17H22O5S/c1-16(2)12-8-9-17(16,3)15(19)13(12)14(18)10-4-6-11(7-5-10)23(20,21)22/h4-7,12-13,15,19H,8-9H2,1-3H3,(H,20,21,22)/t12-,13?,15+,17+/m1/s1. The van der Waals surface area contributed by atoms with Crippen LogP contribution >= 0.6 is 0 Å². The number of ketones is 1. The van der Waals surface area contributed by atoms with E-state index >= 15 is 0 Å². The molecule has 6 heteroatoms. The molecule has 0 aliphatic heterocycles. The molecule has 2 aliphatic rings. The number of Topliss-reactive ketones (excluding diaryl/α,β-unsaturated/α-hetero) is 1. The molecule has 1 aromatic carbocycles. The van der Waals surface area contributed by atoms with Gasteiger partial charge < -0.3 is 5.11 Å². The lowest BCUT2D eigenvalue weighted by atomic mass is 9.70. The van der Waals surface area contributed by atoms with Crippen molar-refractivity contribution in [1.82, 2.24) is 0 Å². The van der Waals surface area contributed by atoms with Crippen LogP contribution in [0.2, 0.25) is 0 Å². The van der Waals surface area contributed by atoms with Gasteiger partial charge in [-0.25, -0.2) is 0 Å². The minimum atomic E-state index is -4.27. The van der Waals surface area contributed by atoms with Gasteiger partial charge in [0.05, 0.1) is 16.9 Å². The number of aliphatic hydroxyl groups is 1. The largest absolute Gasteiger partial charge is 0.392 e. The monoisotopic (exact) mass is 338 g/mol. The van der Waals surface area contributed by atoms with Crippen molar-refractivity contribution in [2.24, 2.45) is 22.7 Å². The summed E-state index contributed by atoms with van der Waals surface area (Å²) in [6.07, 6.45) is 1.14. The maximum absolute atomic E-state index is 12.9. The second-order valence-corrected chi connectivity index (χ2v) is 9.04. The Balaban J connectivity index is 1.93. The third-order valence-corrected chi connectivity index (χ3v) is 7.41. The molecular weight excluding hydrogens is 316 g/mol. The van der Waals surface area contributed by atoms with Crippen molar-refractivity contribution in [2.75, 3.05) is 0 Å².